The third kappa shape index (κ3) is 3.88. The third-order valence-corrected chi connectivity index (χ3v) is 5.19. The van der Waals surface area contributed by atoms with Gasteiger partial charge in [-0.2, -0.15) is 11.8 Å². The highest BCUT2D eigenvalue weighted by molar-refractivity contribution is 7.98. The zero-order valence-electron chi connectivity index (χ0n) is 10.6. The van der Waals surface area contributed by atoms with Crippen molar-refractivity contribution in [1.82, 2.24) is 4.31 Å². The second kappa shape index (κ2) is 6.65. The second-order valence-corrected chi connectivity index (χ2v) is 7.30. The maximum absolute atomic E-state index is 13.4. The molecule has 106 valence electrons. The van der Waals surface area contributed by atoms with E-state index in [1.165, 1.54) is 23.5 Å². The number of thiocarbonyl (C=S) groups is 1. The summed E-state index contributed by atoms with van der Waals surface area (Å²) < 4.78 is 39.1. The molecule has 2 N–H and O–H groups in total. The molecule has 8 heteroatoms. The number of hydrogen-bond acceptors (Lipinski definition) is 4. The summed E-state index contributed by atoms with van der Waals surface area (Å²) in [5.41, 5.74) is 5.30. The average Bonchev–Trinajstić information content (AvgIpc) is 2.35. The van der Waals surface area contributed by atoms with Crippen LogP contribution in [-0.2, 0) is 10.0 Å². The summed E-state index contributed by atoms with van der Waals surface area (Å²) >= 11 is 6.24. The van der Waals surface area contributed by atoms with Gasteiger partial charge in [-0.25, -0.2) is 17.1 Å². The van der Waals surface area contributed by atoms with E-state index >= 15 is 0 Å². The molecule has 0 heterocycles. The molecule has 0 aliphatic heterocycles. The Balaban J connectivity index is 3.15. The Kier molecular flexibility index (Phi) is 5.72. The van der Waals surface area contributed by atoms with Crippen LogP contribution in [0.2, 0.25) is 0 Å². The van der Waals surface area contributed by atoms with Crippen LogP contribution in [0, 0.1) is 5.82 Å². The molecule has 4 nitrogen and oxygen atoms in total. The van der Waals surface area contributed by atoms with Crippen LogP contribution in [0.1, 0.15) is 5.56 Å². The molecule has 1 rings (SSSR count). The molecular weight excluding hydrogens is 307 g/mol. The van der Waals surface area contributed by atoms with Gasteiger partial charge in [0.05, 0.1) is 4.90 Å². The maximum Gasteiger partial charge on any atom is 0.242 e. The molecule has 0 aliphatic rings. The summed E-state index contributed by atoms with van der Waals surface area (Å²) in [4.78, 5) is -0.179. The van der Waals surface area contributed by atoms with Gasteiger partial charge in [-0.1, -0.05) is 12.2 Å². The van der Waals surface area contributed by atoms with Crippen LogP contribution in [-0.4, -0.2) is 43.3 Å². The molecule has 0 fully saturated rings. The fourth-order valence-corrected chi connectivity index (χ4v) is 3.30. The predicted molar refractivity (Wildman–Crippen MR) is 80.5 cm³/mol. The van der Waals surface area contributed by atoms with Gasteiger partial charge in [-0.05, 0) is 24.5 Å². The molecule has 0 radical (unpaired) electrons. The molecule has 0 aliphatic carbocycles. The fourth-order valence-electron chi connectivity index (χ4n) is 1.37. The van der Waals surface area contributed by atoms with E-state index in [9.17, 15) is 12.8 Å². The molecule has 0 bridgehead atoms. The van der Waals surface area contributed by atoms with Crippen LogP contribution in [0.5, 0.6) is 0 Å². The molecular formula is C11H15FN2O2S3. The SMILES string of the molecule is CSCCN(C)S(=O)(=O)c1ccc(F)c(C(N)=S)c1. The lowest BCUT2D eigenvalue weighted by molar-refractivity contribution is 0.488. The van der Waals surface area contributed by atoms with Crippen LogP contribution in [0.3, 0.4) is 0 Å². The van der Waals surface area contributed by atoms with E-state index in [1.807, 2.05) is 6.26 Å². The quantitative estimate of drug-likeness (QED) is 0.803. The fraction of sp³-hybridized carbons (Fsp3) is 0.364. The first kappa shape index (κ1) is 16.4. The minimum atomic E-state index is -3.65. The van der Waals surface area contributed by atoms with E-state index in [0.717, 1.165) is 6.07 Å². The molecule has 0 saturated carbocycles. The van der Waals surface area contributed by atoms with Gasteiger partial charge >= 0.3 is 0 Å². The van der Waals surface area contributed by atoms with Gasteiger partial charge in [0.2, 0.25) is 10.0 Å². The van der Waals surface area contributed by atoms with Crippen LogP contribution in [0.25, 0.3) is 0 Å². The molecule has 0 atom stereocenters. The van der Waals surface area contributed by atoms with Gasteiger partial charge < -0.3 is 5.73 Å². The number of nitrogens with two attached hydrogens (primary N) is 1. The van der Waals surface area contributed by atoms with Crippen molar-refractivity contribution >= 4 is 39.0 Å². The van der Waals surface area contributed by atoms with E-state index in [2.05, 4.69) is 0 Å². The minimum absolute atomic E-state index is 0.0136. The molecule has 19 heavy (non-hydrogen) atoms. The summed E-state index contributed by atoms with van der Waals surface area (Å²) in [5, 5.41) is 0. The van der Waals surface area contributed by atoms with Crippen molar-refractivity contribution in [1.29, 1.82) is 0 Å². The van der Waals surface area contributed by atoms with Gasteiger partial charge in [0, 0.05) is 24.9 Å². The number of benzene rings is 1. The lowest BCUT2D eigenvalue weighted by atomic mass is 10.2. The van der Waals surface area contributed by atoms with Crippen molar-refractivity contribution in [3.63, 3.8) is 0 Å². The zero-order chi connectivity index (χ0) is 14.6. The van der Waals surface area contributed by atoms with Crippen molar-refractivity contribution in [2.24, 2.45) is 5.73 Å². The third-order valence-electron chi connectivity index (χ3n) is 2.52. The summed E-state index contributed by atoms with van der Waals surface area (Å²) in [6, 6.07) is 3.44. The molecule has 0 spiro atoms. The van der Waals surface area contributed by atoms with Crippen molar-refractivity contribution in [3.05, 3.63) is 29.6 Å². The molecule has 1 aromatic rings. The van der Waals surface area contributed by atoms with E-state index in [0.29, 0.717) is 12.3 Å². The molecule has 0 amide bonds. The second-order valence-electron chi connectivity index (χ2n) is 3.83. The first-order chi connectivity index (χ1) is 8.80. The number of halogens is 1. The Hall–Kier alpha value is -0.700. The van der Waals surface area contributed by atoms with E-state index in [1.54, 1.807) is 11.8 Å². The van der Waals surface area contributed by atoms with Crippen molar-refractivity contribution in [2.75, 3.05) is 25.6 Å². The van der Waals surface area contributed by atoms with Crippen molar-refractivity contribution < 1.29 is 12.8 Å². The standard InChI is InChI=1S/C11H15FN2O2S3/c1-14(5-6-18-2)19(15,16)8-3-4-10(12)9(7-8)11(13)17/h3-4,7H,5-6H2,1-2H3,(H2,13,17). The topological polar surface area (TPSA) is 63.4 Å². The Morgan fingerprint density at radius 3 is 2.68 bits per heavy atom. The summed E-state index contributed by atoms with van der Waals surface area (Å²) in [6.45, 7) is 0.378. The van der Waals surface area contributed by atoms with Crippen LogP contribution < -0.4 is 5.73 Å². The van der Waals surface area contributed by atoms with Gasteiger partial charge in [0.1, 0.15) is 10.8 Å². The highest BCUT2D eigenvalue weighted by Gasteiger charge is 2.22. The molecule has 0 saturated heterocycles. The highest BCUT2D eigenvalue weighted by atomic mass is 32.2. The lowest BCUT2D eigenvalue weighted by Gasteiger charge is -2.17. The summed E-state index contributed by atoms with van der Waals surface area (Å²) in [7, 11) is -2.16. The Morgan fingerprint density at radius 2 is 2.16 bits per heavy atom. The van der Waals surface area contributed by atoms with Gasteiger partial charge in [0.25, 0.3) is 0 Å². The smallest absolute Gasteiger partial charge is 0.242 e. The van der Waals surface area contributed by atoms with E-state index < -0.39 is 15.8 Å². The lowest BCUT2D eigenvalue weighted by Crippen LogP contribution is -2.29. The largest absolute Gasteiger partial charge is 0.389 e. The predicted octanol–water partition coefficient (Wildman–Crippen LogP) is 1.44. The maximum atomic E-state index is 13.4. The number of rotatable bonds is 6. The summed E-state index contributed by atoms with van der Waals surface area (Å²) in [6.07, 6.45) is 1.89. The van der Waals surface area contributed by atoms with Crippen LogP contribution in [0.15, 0.2) is 23.1 Å². The number of thioether (sulfide) groups is 1. The zero-order valence-corrected chi connectivity index (χ0v) is 13.0. The van der Waals surface area contributed by atoms with Gasteiger partial charge in [0.15, 0.2) is 0 Å². The van der Waals surface area contributed by atoms with Crippen LogP contribution >= 0.6 is 24.0 Å². The molecule has 0 unspecified atom stereocenters. The van der Waals surface area contributed by atoms with Gasteiger partial charge in [-0.3, -0.25) is 0 Å². The number of hydrogen-bond donors (Lipinski definition) is 1. The van der Waals surface area contributed by atoms with E-state index in [-0.39, 0.29) is 15.4 Å². The molecule has 0 aromatic heterocycles. The van der Waals surface area contributed by atoms with Gasteiger partial charge in [-0.15, -0.1) is 0 Å². The monoisotopic (exact) mass is 322 g/mol. The first-order valence-corrected chi connectivity index (χ1v) is 8.59. The summed E-state index contributed by atoms with van der Waals surface area (Å²) in [5.74, 6) is 0.0530. The Bertz CT molecular complexity index is 575. The number of sulfonamides is 1. The highest BCUT2D eigenvalue weighted by Crippen LogP contribution is 2.18. The minimum Gasteiger partial charge on any atom is -0.389 e. The number of nitrogens with zero attached hydrogens (tertiary/aromatic N) is 1. The van der Waals surface area contributed by atoms with Crippen molar-refractivity contribution in [2.45, 2.75) is 4.90 Å². The van der Waals surface area contributed by atoms with Crippen LogP contribution in [0.4, 0.5) is 4.39 Å². The first-order valence-electron chi connectivity index (χ1n) is 5.35. The van der Waals surface area contributed by atoms with E-state index in [4.69, 9.17) is 18.0 Å². The Morgan fingerprint density at radius 1 is 1.53 bits per heavy atom. The Labute approximate surface area is 122 Å². The normalized spacial score (nSPS) is 11.8. The van der Waals surface area contributed by atoms with Crippen molar-refractivity contribution in [3.8, 4) is 0 Å². The molecule has 1 aromatic carbocycles. The average molecular weight is 322 g/mol.